The van der Waals surface area contributed by atoms with Crippen molar-refractivity contribution < 1.29 is 4.42 Å². The van der Waals surface area contributed by atoms with Crippen molar-refractivity contribution in [1.82, 2.24) is 15.0 Å². The second kappa shape index (κ2) is 5.85. The Morgan fingerprint density at radius 3 is 2.43 bits per heavy atom. The molecule has 0 aromatic carbocycles. The van der Waals surface area contributed by atoms with E-state index >= 15 is 0 Å². The maximum absolute atomic E-state index is 5.54. The minimum Gasteiger partial charge on any atom is -0.464 e. The average Bonchev–Trinajstić information content (AvgIpc) is 3.18. The standard InChI is InChI=1S/C19H13N3O/c1-2-9-21-16(6-1)18-12-15(19-7-4-10-23-19)11-17(22-18)14-5-3-8-20-13-14/h1-13H. The zero-order chi connectivity index (χ0) is 15.5. The Labute approximate surface area is 133 Å². The Kier molecular flexibility index (Phi) is 3.41. The summed E-state index contributed by atoms with van der Waals surface area (Å²) in [6, 6.07) is 17.5. The van der Waals surface area contributed by atoms with E-state index in [1.807, 2.05) is 54.6 Å². The minimum absolute atomic E-state index is 0.801. The van der Waals surface area contributed by atoms with Crippen molar-refractivity contribution in [1.29, 1.82) is 0 Å². The Morgan fingerprint density at radius 1 is 0.739 bits per heavy atom. The molecule has 0 N–H and O–H groups in total. The summed E-state index contributed by atoms with van der Waals surface area (Å²) >= 11 is 0. The van der Waals surface area contributed by atoms with E-state index in [0.29, 0.717) is 0 Å². The predicted molar refractivity (Wildman–Crippen MR) is 88.4 cm³/mol. The highest BCUT2D eigenvalue weighted by molar-refractivity contribution is 5.73. The summed E-state index contributed by atoms with van der Waals surface area (Å²) < 4.78 is 5.54. The molecular weight excluding hydrogens is 286 g/mol. The lowest BCUT2D eigenvalue weighted by Crippen LogP contribution is -1.92. The van der Waals surface area contributed by atoms with E-state index in [-0.39, 0.29) is 0 Å². The van der Waals surface area contributed by atoms with Crippen LogP contribution >= 0.6 is 0 Å². The van der Waals surface area contributed by atoms with Gasteiger partial charge >= 0.3 is 0 Å². The number of aromatic nitrogens is 3. The van der Waals surface area contributed by atoms with Crippen molar-refractivity contribution in [3.8, 4) is 34.0 Å². The Balaban J connectivity index is 1.91. The maximum atomic E-state index is 5.54. The van der Waals surface area contributed by atoms with Gasteiger partial charge in [0.15, 0.2) is 0 Å². The fraction of sp³-hybridized carbons (Fsp3) is 0. The van der Waals surface area contributed by atoms with Gasteiger partial charge in [0.2, 0.25) is 0 Å². The smallest absolute Gasteiger partial charge is 0.134 e. The normalized spacial score (nSPS) is 10.6. The summed E-state index contributed by atoms with van der Waals surface area (Å²) in [5.41, 5.74) is 4.39. The molecule has 0 aliphatic rings. The summed E-state index contributed by atoms with van der Waals surface area (Å²) in [7, 11) is 0. The van der Waals surface area contributed by atoms with Crippen LogP contribution < -0.4 is 0 Å². The predicted octanol–water partition coefficient (Wildman–Crippen LogP) is 4.47. The molecule has 23 heavy (non-hydrogen) atoms. The first-order valence-corrected chi connectivity index (χ1v) is 7.28. The molecule has 0 atom stereocenters. The van der Waals surface area contributed by atoms with E-state index < -0.39 is 0 Å². The number of hydrogen-bond acceptors (Lipinski definition) is 4. The fourth-order valence-corrected chi connectivity index (χ4v) is 2.42. The summed E-state index contributed by atoms with van der Waals surface area (Å²) in [5.74, 6) is 0.801. The van der Waals surface area contributed by atoms with Crippen LogP contribution in [0, 0.1) is 0 Å². The molecule has 4 nitrogen and oxygen atoms in total. The van der Waals surface area contributed by atoms with Gasteiger partial charge in [0.05, 0.1) is 23.3 Å². The summed E-state index contributed by atoms with van der Waals surface area (Å²) in [5, 5.41) is 0. The number of pyridine rings is 3. The highest BCUT2D eigenvalue weighted by Gasteiger charge is 2.10. The molecule has 0 aliphatic carbocycles. The molecule has 0 saturated carbocycles. The molecule has 4 rings (SSSR count). The lowest BCUT2D eigenvalue weighted by atomic mass is 10.1. The van der Waals surface area contributed by atoms with Crippen LogP contribution in [0.25, 0.3) is 34.0 Å². The fourth-order valence-electron chi connectivity index (χ4n) is 2.42. The number of nitrogens with zero attached hydrogens (tertiary/aromatic N) is 3. The van der Waals surface area contributed by atoms with E-state index in [1.54, 1.807) is 24.9 Å². The SMILES string of the molecule is c1ccc(-c2cc(-c3ccco3)cc(-c3cccnc3)n2)nc1. The largest absolute Gasteiger partial charge is 0.464 e. The van der Waals surface area contributed by atoms with Crippen molar-refractivity contribution in [2.24, 2.45) is 0 Å². The van der Waals surface area contributed by atoms with Gasteiger partial charge in [-0.15, -0.1) is 0 Å². The maximum Gasteiger partial charge on any atom is 0.134 e. The molecule has 0 aliphatic heterocycles. The molecule has 0 radical (unpaired) electrons. The summed E-state index contributed by atoms with van der Waals surface area (Å²) in [6.07, 6.45) is 6.98. The highest BCUT2D eigenvalue weighted by atomic mass is 16.3. The third-order valence-electron chi connectivity index (χ3n) is 3.52. The molecule has 0 unspecified atom stereocenters. The third kappa shape index (κ3) is 2.74. The second-order valence-electron chi connectivity index (χ2n) is 5.06. The zero-order valence-electron chi connectivity index (χ0n) is 12.3. The van der Waals surface area contributed by atoms with Gasteiger partial charge in [0, 0.05) is 29.7 Å². The number of furan rings is 1. The van der Waals surface area contributed by atoms with Crippen LogP contribution in [0.15, 0.2) is 83.9 Å². The first-order valence-electron chi connectivity index (χ1n) is 7.28. The molecule has 4 heteroatoms. The summed E-state index contributed by atoms with van der Waals surface area (Å²) in [6.45, 7) is 0. The monoisotopic (exact) mass is 299 g/mol. The number of hydrogen-bond donors (Lipinski definition) is 0. The van der Waals surface area contributed by atoms with Crippen LogP contribution in [0.3, 0.4) is 0 Å². The van der Waals surface area contributed by atoms with E-state index in [4.69, 9.17) is 9.40 Å². The molecule has 0 amide bonds. The van der Waals surface area contributed by atoms with E-state index in [0.717, 1.165) is 34.0 Å². The minimum atomic E-state index is 0.801. The molecule has 4 aromatic heterocycles. The Hall–Kier alpha value is -3.27. The van der Waals surface area contributed by atoms with Crippen LogP contribution in [-0.2, 0) is 0 Å². The molecule has 0 fully saturated rings. The average molecular weight is 299 g/mol. The molecule has 0 saturated heterocycles. The first-order chi connectivity index (χ1) is 11.4. The van der Waals surface area contributed by atoms with Gasteiger partial charge in [-0.25, -0.2) is 4.98 Å². The van der Waals surface area contributed by atoms with Gasteiger partial charge < -0.3 is 4.42 Å². The Bertz CT molecular complexity index is 846. The van der Waals surface area contributed by atoms with E-state index in [1.165, 1.54) is 0 Å². The summed E-state index contributed by atoms with van der Waals surface area (Å²) in [4.78, 5) is 13.3. The second-order valence-corrected chi connectivity index (χ2v) is 5.06. The van der Waals surface area contributed by atoms with Gasteiger partial charge in [-0.2, -0.15) is 0 Å². The first kappa shape index (κ1) is 13.4. The zero-order valence-corrected chi connectivity index (χ0v) is 12.3. The lowest BCUT2D eigenvalue weighted by Gasteiger charge is -2.07. The lowest BCUT2D eigenvalue weighted by molar-refractivity contribution is 0.582. The third-order valence-corrected chi connectivity index (χ3v) is 3.52. The topological polar surface area (TPSA) is 51.8 Å². The van der Waals surface area contributed by atoms with Gasteiger partial charge in [-0.3, -0.25) is 9.97 Å². The van der Waals surface area contributed by atoms with Crippen molar-refractivity contribution in [2.45, 2.75) is 0 Å². The molecule has 0 bridgehead atoms. The molecule has 4 aromatic rings. The van der Waals surface area contributed by atoms with Crippen molar-refractivity contribution in [3.05, 3.63) is 79.5 Å². The van der Waals surface area contributed by atoms with Crippen LogP contribution in [0.4, 0.5) is 0 Å². The molecule has 110 valence electrons. The van der Waals surface area contributed by atoms with Crippen molar-refractivity contribution in [3.63, 3.8) is 0 Å². The van der Waals surface area contributed by atoms with Crippen LogP contribution in [0.2, 0.25) is 0 Å². The molecule has 0 spiro atoms. The van der Waals surface area contributed by atoms with Crippen LogP contribution in [0.5, 0.6) is 0 Å². The Morgan fingerprint density at radius 2 is 1.70 bits per heavy atom. The van der Waals surface area contributed by atoms with Crippen molar-refractivity contribution in [2.75, 3.05) is 0 Å². The molecular formula is C19H13N3O. The van der Waals surface area contributed by atoms with Gasteiger partial charge in [-0.05, 0) is 48.5 Å². The quantitative estimate of drug-likeness (QED) is 0.560. The van der Waals surface area contributed by atoms with Gasteiger partial charge in [-0.1, -0.05) is 6.07 Å². The van der Waals surface area contributed by atoms with Crippen molar-refractivity contribution >= 4 is 0 Å². The number of rotatable bonds is 3. The van der Waals surface area contributed by atoms with Gasteiger partial charge in [0.1, 0.15) is 5.76 Å². The van der Waals surface area contributed by atoms with E-state index in [2.05, 4.69) is 9.97 Å². The van der Waals surface area contributed by atoms with E-state index in [9.17, 15) is 0 Å². The molecule has 4 heterocycles. The van der Waals surface area contributed by atoms with Gasteiger partial charge in [0.25, 0.3) is 0 Å². The van der Waals surface area contributed by atoms with Crippen LogP contribution in [0.1, 0.15) is 0 Å². The van der Waals surface area contributed by atoms with Crippen LogP contribution in [-0.4, -0.2) is 15.0 Å². The highest BCUT2D eigenvalue weighted by Crippen LogP contribution is 2.29.